The average molecular weight is 577 g/mol. The van der Waals surface area contributed by atoms with Crippen LogP contribution in [0.4, 0.5) is 5.69 Å². The van der Waals surface area contributed by atoms with Crippen molar-refractivity contribution in [3.63, 3.8) is 0 Å². The topological polar surface area (TPSA) is 91.0 Å². The molecule has 1 spiro atoms. The van der Waals surface area contributed by atoms with Crippen LogP contribution in [0.2, 0.25) is 0 Å². The molecule has 3 saturated heterocycles. The van der Waals surface area contributed by atoms with Crippen LogP contribution in [0, 0.1) is 37.5 Å². The first-order valence-corrected chi connectivity index (χ1v) is 16.3. The maximum absolute atomic E-state index is 14.3. The van der Waals surface area contributed by atoms with Crippen LogP contribution in [-0.4, -0.2) is 77.5 Å². The number of fused-ring (bicyclic) bond motifs is 1. The number of nitrogens with one attached hydrogen (secondary N) is 2. The van der Waals surface area contributed by atoms with Gasteiger partial charge in [0.15, 0.2) is 0 Å². The van der Waals surface area contributed by atoms with Crippen LogP contribution in [-0.2, 0) is 19.1 Å². The Labute approximate surface area is 250 Å². The fourth-order valence-corrected chi connectivity index (χ4v) is 8.25. The number of hydrogen-bond donors (Lipinski definition) is 2. The molecule has 2 N–H and O–H groups in total. The van der Waals surface area contributed by atoms with Crippen molar-refractivity contribution in [3.8, 4) is 0 Å². The Bertz CT molecular complexity index is 1240. The van der Waals surface area contributed by atoms with Crippen LogP contribution in [0.5, 0.6) is 0 Å². The third-order valence-corrected chi connectivity index (χ3v) is 11.1. The van der Waals surface area contributed by atoms with Crippen LogP contribution >= 0.6 is 0 Å². The Hall–Kier alpha value is -2.71. The lowest BCUT2D eigenvalue weighted by Crippen LogP contribution is -2.58. The molecule has 2 bridgehead atoms. The molecule has 1 aromatic carbocycles. The standard InChI is InChI=1S/C34H48N4O4/c1-21-12-13-25(20-23(21)3)35-31(39)28-27-14-15-34(42-27)29(28)33(41)38(19-9-18-37-16-6-5-7-17-37)30(34)32(40)36-26-11-8-10-22(2)24(26)4/h12-15,20,22,24,26-30H,5-11,16-19H2,1-4H3,(H,35,39)(H,36,40)/t22-,24-,26-,27+,28-,29+,30+,34+/m1/s1. The summed E-state index contributed by atoms with van der Waals surface area (Å²) < 4.78 is 6.56. The minimum Gasteiger partial charge on any atom is -0.359 e. The molecule has 5 aliphatic rings. The molecule has 4 heterocycles. The second-order valence-electron chi connectivity index (χ2n) is 13.7. The van der Waals surface area contributed by atoms with Crippen LogP contribution in [0.15, 0.2) is 30.4 Å². The Morgan fingerprint density at radius 2 is 1.79 bits per heavy atom. The zero-order chi connectivity index (χ0) is 29.6. The zero-order valence-corrected chi connectivity index (χ0v) is 25.7. The molecule has 6 rings (SSSR count). The predicted octanol–water partition coefficient (Wildman–Crippen LogP) is 4.21. The number of ether oxygens (including phenoxy) is 1. The van der Waals surface area contributed by atoms with E-state index in [9.17, 15) is 14.4 Å². The fourth-order valence-electron chi connectivity index (χ4n) is 8.25. The van der Waals surface area contributed by atoms with Crippen LogP contribution in [0.3, 0.4) is 0 Å². The van der Waals surface area contributed by atoms with Gasteiger partial charge in [-0.1, -0.05) is 51.3 Å². The Morgan fingerprint density at radius 3 is 2.55 bits per heavy atom. The molecular formula is C34H48N4O4. The van der Waals surface area contributed by atoms with Crippen LogP contribution in [0.1, 0.15) is 69.9 Å². The average Bonchev–Trinajstić information content (AvgIpc) is 3.61. The van der Waals surface area contributed by atoms with Gasteiger partial charge in [0.2, 0.25) is 17.7 Å². The number of carbonyl (C=O) groups is 3. The van der Waals surface area contributed by atoms with Crippen molar-refractivity contribution in [2.75, 3.05) is 31.5 Å². The third kappa shape index (κ3) is 5.19. The van der Waals surface area contributed by atoms with E-state index in [-0.39, 0.29) is 23.8 Å². The molecule has 1 aliphatic carbocycles. The number of nitrogens with zero attached hydrogens (tertiary/aromatic N) is 2. The van der Waals surface area contributed by atoms with Crippen molar-refractivity contribution < 1.29 is 19.1 Å². The van der Waals surface area contributed by atoms with Gasteiger partial charge in [-0.25, -0.2) is 0 Å². The van der Waals surface area contributed by atoms with Crippen LogP contribution < -0.4 is 10.6 Å². The molecular weight excluding hydrogens is 528 g/mol. The van der Waals surface area contributed by atoms with Gasteiger partial charge in [-0.15, -0.1) is 0 Å². The van der Waals surface area contributed by atoms with E-state index in [0.717, 1.165) is 50.0 Å². The minimum absolute atomic E-state index is 0.0773. The molecule has 3 amide bonds. The molecule has 1 aromatic rings. The van der Waals surface area contributed by atoms with E-state index >= 15 is 0 Å². The molecule has 8 heteroatoms. The quantitative estimate of drug-likeness (QED) is 0.453. The van der Waals surface area contributed by atoms with Crippen molar-refractivity contribution in [1.82, 2.24) is 15.1 Å². The summed E-state index contributed by atoms with van der Waals surface area (Å²) in [5.41, 5.74) is 1.83. The van der Waals surface area contributed by atoms with E-state index in [2.05, 4.69) is 29.4 Å². The molecule has 8 nitrogen and oxygen atoms in total. The summed E-state index contributed by atoms with van der Waals surface area (Å²) in [6, 6.07) is 5.14. The SMILES string of the molecule is Cc1ccc(NC(=O)[C@@H]2[C@@H]3C=C[C@]4(O3)[C@@H]2C(=O)N(CCCN2CCCCC2)[C@H]4C(=O)N[C@@H]2CCC[C@@H](C)[C@H]2C)cc1C. The second kappa shape index (κ2) is 11.8. The third-order valence-electron chi connectivity index (χ3n) is 11.1. The van der Waals surface area contributed by atoms with Gasteiger partial charge >= 0.3 is 0 Å². The van der Waals surface area contributed by atoms with E-state index < -0.39 is 29.6 Å². The Kier molecular flexibility index (Phi) is 8.22. The molecule has 1 saturated carbocycles. The molecule has 4 fully saturated rings. The van der Waals surface area contributed by atoms with Gasteiger partial charge in [0.25, 0.3) is 0 Å². The van der Waals surface area contributed by atoms with E-state index in [1.165, 1.54) is 25.7 Å². The lowest BCUT2D eigenvalue weighted by atomic mass is 9.73. The second-order valence-corrected chi connectivity index (χ2v) is 13.7. The summed E-state index contributed by atoms with van der Waals surface area (Å²) >= 11 is 0. The molecule has 0 radical (unpaired) electrons. The summed E-state index contributed by atoms with van der Waals surface area (Å²) in [6.45, 7) is 12.1. The number of anilines is 1. The first kappa shape index (κ1) is 29.4. The van der Waals surface area contributed by atoms with Gasteiger partial charge < -0.3 is 25.2 Å². The number of hydrogen-bond acceptors (Lipinski definition) is 5. The summed E-state index contributed by atoms with van der Waals surface area (Å²) in [7, 11) is 0. The van der Waals surface area contributed by atoms with Crippen molar-refractivity contribution in [2.24, 2.45) is 23.7 Å². The van der Waals surface area contributed by atoms with E-state index in [4.69, 9.17) is 4.74 Å². The summed E-state index contributed by atoms with van der Waals surface area (Å²) in [6.07, 6.45) is 11.0. The number of likely N-dealkylation sites (tertiary alicyclic amines) is 2. The predicted molar refractivity (Wildman–Crippen MR) is 163 cm³/mol. The lowest BCUT2D eigenvalue weighted by molar-refractivity contribution is -0.141. The molecule has 42 heavy (non-hydrogen) atoms. The first-order chi connectivity index (χ1) is 20.2. The van der Waals surface area contributed by atoms with Crippen molar-refractivity contribution in [3.05, 3.63) is 41.5 Å². The molecule has 0 unspecified atom stereocenters. The molecule has 4 aliphatic heterocycles. The number of aryl methyl sites for hydroxylation is 2. The van der Waals surface area contributed by atoms with Gasteiger partial charge in [-0.3, -0.25) is 14.4 Å². The van der Waals surface area contributed by atoms with Crippen LogP contribution in [0.25, 0.3) is 0 Å². The number of rotatable bonds is 8. The Morgan fingerprint density at radius 1 is 1.00 bits per heavy atom. The summed E-state index contributed by atoms with van der Waals surface area (Å²) in [5, 5.41) is 6.42. The van der Waals surface area contributed by atoms with Gasteiger partial charge in [0.05, 0.1) is 17.9 Å². The zero-order valence-electron chi connectivity index (χ0n) is 25.7. The van der Waals surface area contributed by atoms with Gasteiger partial charge in [-0.05, 0) is 94.3 Å². The highest BCUT2D eigenvalue weighted by atomic mass is 16.5. The normalized spacial score (nSPS) is 35.9. The highest BCUT2D eigenvalue weighted by molar-refractivity contribution is 6.02. The lowest BCUT2D eigenvalue weighted by Gasteiger charge is -2.38. The monoisotopic (exact) mass is 576 g/mol. The highest BCUT2D eigenvalue weighted by Gasteiger charge is 2.72. The van der Waals surface area contributed by atoms with Crippen molar-refractivity contribution in [2.45, 2.75) is 96.4 Å². The minimum atomic E-state index is -1.12. The number of piperidine rings is 1. The van der Waals surface area contributed by atoms with E-state index in [1.807, 2.05) is 44.2 Å². The fraction of sp³-hybridized carbons (Fsp3) is 0.676. The van der Waals surface area contributed by atoms with Crippen molar-refractivity contribution >= 4 is 23.4 Å². The summed E-state index contributed by atoms with van der Waals surface area (Å²) in [4.78, 5) is 46.5. The smallest absolute Gasteiger partial charge is 0.246 e. The van der Waals surface area contributed by atoms with Gasteiger partial charge in [0, 0.05) is 18.3 Å². The van der Waals surface area contributed by atoms with E-state index in [1.54, 1.807) is 4.90 Å². The van der Waals surface area contributed by atoms with Crippen molar-refractivity contribution in [1.29, 1.82) is 0 Å². The van der Waals surface area contributed by atoms with E-state index in [0.29, 0.717) is 24.1 Å². The highest BCUT2D eigenvalue weighted by Crippen LogP contribution is 2.55. The first-order valence-electron chi connectivity index (χ1n) is 16.3. The number of carbonyl (C=O) groups excluding carboxylic acids is 3. The maximum Gasteiger partial charge on any atom is 0.246 e. The van der Waals surface area contributed by atoms with Gasteiger partial charge in [0.1, 0.15) is 11.6 Å². The number of benzene rings is 1. The molecule has 0 aromatic heterocycles. The Balaban J connectivity index is 1.25. The molecule has 8 atom stereocenters. The van der Waals surface area contributed by atoms with Gasteiger partial charge in [-0.2, -0.15) is 0 Å². The molecule has 228 valence electrons. The summed E-state index contributed by atoms with van der Waals surface area (Å²) in [5.74, 6) is -0.989. The number of amides is 3. The largest absolute Gasteiger partial charge is 0.359 e. The maximum atomic E-state index is 14.3.